The van der Waals surface area contributed by atoms with Gasteiger partial charge in [-0.15, -0.1) is 0 Å². The largest absolute Gasteiger partial charge is 0.301 e. The molecule has 2 aromatic heterocycles. The lowest BCUT2D eigenvalue weighted by molar-refractivity contribution is 0.141. The van der Waals surface area contributed by atoms with Crippen molar-refractivity contribution in [2.45, 2.75) is 38.8 Å². The number of hydrogen-bond donors (Lipinski definition) is 0. The zero-order chi connectivity index (χ0) is 18.6. The molecule has 142 valence electrons. The predicted octanol–water partition coefficient (Wildman–Crippen LogP) is 3.70. The Morgan fingerprint density at radius 3 is 2.81 bits per heavy atom. The topological polar surface area (TPSA) is 36.7 Å². The van der Waals surface area contributed by atoms with Crippen molar-refractivity contribution in [2.24, 2.45) is 0 Å². The molecular formula is C22H29N5. The van der Waals surface area contributed by atoms with Crippen LogP contribution in [0.15, 0.2) is 48.9 Å². The standard InChI is InChI=1S/C22H29N5/c1-18-8-6-7-11-26(18)13-12-25(2)16-19-14-23-22-21(15-24-27(22)17-19)20-9-4-3-5-10-20/h3-5,9-10,14-15,17-18H,6-8,11-13,16H2,1-2H3/t18-/m0/s1. The Morgan fingerprint density at radius 2 is 2.00 bits per heavy atom. The minimum atomic E-state index is 0.727. The summed E-state index contributed by atoms with van der Waals surface area (Å²) < 4.78 is 1.90. The Balaban J connectivity index is 1.40. The maximum Gasteiger partial charge on any atom is 0.162 e. The first-order valence-electron chi connectivity index (χ1n) is 10.0. The third-order valence-electron chi connectivity index (χ3n) is 5.66. The van der Waals surface area contributed by atoms with E-state index in [9.17, 15) is 0 Å². The summed E-state index contributed by atoms with van der Waals surface area (Å²) in [7, 11) is 2.19. The van der Waals surface area contributed by atoms with Gasteiger partial charge in [0.05, 0.1) is 6.20 Å². The Morgan fingerprint density at radius 1 is 1.15 bits per heavy atom. The van der Waals surface area contributed by atoms with E-state index in [1.165, 1.54) is 31.4 Å². The molecule has 0 radical (unpaired) electrons. The highest BCUT2D eigenvalue weighted by atomic mass is 15.2. The number of piperidine rings is 1. The number of hydrogen-bond acceptors (Lipinski definition) is 4. The summed E-state index contributed by atoms with van der Waals surface area (Å²) in [5.74, 6) is 0. The second-order valence-electron chi connectivity index (χ2n) is 7.77. The minimum Gasteiger partial charge on any atom is -0.301 e. The fourth-order valence-corrected chi connectivity index (χ4v) is 4.00. The van der Waals surface area contributed by atoms with Gasteiger partial charge in [0.25, 0.3) is 0 Å². The van der Waals surface area contributed by atoms with Crippen molar-refractivity contribution in [3.63, 3.8) is 0 Å². The van der Waals surface area contributed by atoms with Crippen molar-refractivity contribution >= 4 is 5.65 Å². The van der Waals surface area contributed by atoms with Crippen molar-refractivity contribution < 1.29 is 0 Å². The molecule has 0 aliphatic carbocycles. The lowest BCUT2D eigenvalue weighted by Crippen LogP contribution is -2.41. The normalized spacial score (nSPS) is 18.4. The molecular weight excluding hydrogens is 334 g/mol. The number of rotatable bonds is 6. The number of likely N-dealkylation sites (tertiary alicyclic amines) is 1. The van der Waals surface area contributed by atoms with Gasteiger partial charge in [0, 0.05) is 49.2 Å². The molecule has 3 heterocycles. The van der Waals surface area contributed by atoms with Crippen LogP contribution in [-0.2, 0) is 6.54 Å². The SMILES string of the molecule is C[C@H]1CCCCN1CCN(C)Cc1cnc2c(-c3ccccc3)cnn2c1. The van der Waals surface area contributed by atoms with E-state index in [2.05, 4.69) is 47.2 Å². The van der Waals surface area contributed by atoms with Gasteiger partial charge >= 0.3 is 0 Å². The van der Waals surface area contributed by atoms with E-state index < -0.39 is 0 Å². The molecule has 1 aliphatic rings. The average molecular weight is 364 g/mol. The van der Waals surface area contributed by atoms with E-state index in [-0.39, 0.29) is 0 Å². The van der Waals surface area contributed by atoms with Crippen LogP contribution < -0.4 is 0 Å². The fourth-order valence-electron chi connectivity index (χ4n) is 4.00. The molecule has 3 aromatic rings. The van der Waals surface area contributed by atoms with Crippen LogP contribution in [0.5, 0.6) is 0 Å². The molecule has 27 heavy (non-hydrogen) atoms. The molecule has 5 nitrogen and oxygen atoms in total. The minimum absolute atomic E-state index is 0.727. The molecule has 0 spiro atoms. The molecule has 1 aromatic carbocycles. The highest BCUT2D eigenvalue weighted by Crippen LogP contribution is 2.23. The van der Waals surface area contributed by atoms with Crippen LogP contribution in [0.4, 0.5) is 0 Å². The predicted molar refractivity (Wildman–Crippen MR) is 110 cm³/mol. The number of nitrogens with zero attached hydrogens (tertiary/aromatic N) is 5. The zero-order valence-corrected chi connectivity index (χ0v) is 16.4. The molecule has 0 saturated carbocycles. The summed E-state index contributed by atoms with van der Waals surface area (Å²) in [6, 6.07) is 11.0. The maximum absolute atomic E-state index is 4.70. The maximum atomic E-state index is 4.70. The highest BCUT2D eigenvalue weighted by Gasteiger charge is 2.18. The summed E-state index contributed by atoms with van der Waals surface area (Å²) in [4.78, 5) is 9.70. The second kappa shape index (κ2) is 8.19. The lowest BCUT2D eigenvalue weighted by Gasteiger charge is -2.34. The van der Waals surface area contributed by atoms with Gasteiger partial charge < -0.3 is 4.90 Å². The number of likely N-dealkylation sites (N-methyl/N-ethyl adjacent to an activating group) is 1. The first kappa shape index (κ1) is 18.1. The molecule has 1 saturated heterocycles. The quantitative estimate of drug-likeness (QED) is 0.669. The van der Waals surface area contributed by atoms with Gasteiger partial charge in [-0.2, -0.15) is 5.10 Å². The van der Waals surface area contributed by atoms with Crippen LogP contribution in [0.2, 0.25) is 0 Å². The van der Waals surface area contributed by atoms with Crippen LogP contribution in [0.25, 0.3) is 16.8 Å². The third kappa shape index (κ3) is 4.20. The van der Waals surface area contributed by atoms with Gasteiger partial charge in [-0.25, -0.2) is 9.50 Å². The summed E-state index contributed by atoms with van der Waals surface area (Å²) in [6.07, 6.45) is 10.1. The Bertz CT molecular complexity index is 873. The van der Waals surface area contributed by atoms with Crippen molar-refractivity contribution in [3.05, 3.63) is 54.5 Å². The van der Waals surface area contributed by atoms with Gasteiger partial charge in [-0.05, 0) is 38.9 Å². The van der Waals surface area contributed by atoms with Crippen molar-refractivity contribution in [3.8, 4) is 11.1 Å². The van der Waals surface area contributed by atoms with Gasteiger partial charge in [0.15, 0.2) is 5.65 Å². The molecule has 0 amide bonds. The van der Waals surface area contributed by atoms with Crippen molar-refractivity contribution in [1.82, 2.24) is 24.4 Å². The molecule has 0 unspecified atom stereocenters. The van der Waals surface area contributed by atoms with Gasteiger partial charge in [-0.3, -0.25) is 4.90 Å². The number of benzene rings is 1. The van der Waals surface area contributed by atoms with E-state index in [1.807, 2.05) is 35.1 Å². The smallest absolute Gasteiger partial charge is 0.162 e. The monoisotopic (exact) mass is 363 g/mol. The Labute approximate surface area is 161 Å². The molecule has 0 bridgehead atoms. The molecule has 1 aliphatic heterocycles. The van der Waals surface area contributed by atoms with E-state index >= 15 is 0 Å². The van der Waals surface area contributed by atoms with E-state index in [4.69, 9.17) is 4.98 Å². The second-order valence-corrected chi connectivity index (χ2v) is 7.77. The first-order valence-corrected chi connectivity index (χ1v) is 10.0. The summed E-state index contributed by atoms with van der Waals surface area (Å²) in [6.45, 7) is 6.73. The van der Waals surface area contributed by atoms with Gasteiger partial charge in [0.2, 0.25) is 0 Å². The van der Waals surface area contributed by atoms with Crippen LogP contribution in [-0.4, -0.2) is 57.1 Å². The van der Waals surface area contributed by atoms with Crippen LogP contribution in [0, 0.1) is 0 Å². The van der Waals surface area contributed by atoms with E-state index in [0.717, 1.165) is 42.5 Å². The summed E-state index contributed by atoms with van der Waals surface area (Å²) >= 11 is 0. The molecule has 5 heteroatoms. The average Bonchev–Trinajstić information content (AvgIpc) is 3.11. The molecule has 4 rings (SSSR count). The lowest BCUT2D eigenvalue weighted by atomic mass is 10.0. The molecule has 1 fully saturated rings. The summed E-state index contributed by atoms with van der Waals surface area (Å²) in [5, 5.41) is 4.52. The molecule has 1 atom stereocenters. The van der Waals surface area contributed by atoms with Gasteiger partial charge in [-0.1, -0.05) is 36.8 Å². The van der Waals surface area contributed by atoms with E-state index in [0.29, 0.717) is 0 Å². The van der Waals surface area contributed by atoms with E-state index in [1.54, 1.807) is 0 Å². The van der Waals surface area contributed by atoms with Gasteiger partial charge in [0.1, 0.15) is 0 Å². The number of aromatic nitrogens is 3. The fraction of sp³-hybridized carbons (Fsp3) is 0.455. The highest BCUT2D eigenvalue weighted by molar-refractivity contribution is 5.76. The number of fused-ring (bicyclic) bond motifs is 1. The Hall–Kier alpha value is -2.24. The van der Waals surface area contributed by atoms with Crippen LogP contribution in [0.3, 0.4) is 0 Å². The zero-order valence-electron chi connectivity index (χ0n) is 16.4. The molecule has 0 N–H and O–H groups in total. The van der Waals surface area contributed by atoms with Crippen molar-refractivity contribution in [2.75, 3.05) is 26.7 Å². The summed E-state index contributed by atoms with van der Waals surface area (Å²) in [5.41, 5.74) is 4.34. The van der Waals surface area contributed by atoms with Crippen LogP contribution in [0.1, 0.15) is 31.7 Å². The first-order chi connectivity index (χ1) is 13.2. The third-order valence-corrected chi connectivity index (χ3v) is 5.66. The van der Waals surface area contributed by atoms with Crippen molar-refractivity contribution in [1.29, 1.82) is 0 Å². The Kier molecular flexibility index (Phi) is 5.50. The van der Waals surface area contributed by atoms with Crippen LogP contribution >= 0.6 is 0 Å².